The van der Waals surface area contributed by atoms with Crippen molar-refractivity contribution in [1.29, 1.82) is 0 Å². The van der Waals surface area contributed by atoms with Crippen LogP contribution in [0.1, 0.15) is 31.2 Å². The van der Waals surface area contributed by atoms with Gasteiger partial charge >= 0.3 is 0 Å². The molecule has 154 valence electrons. The Morgan fingerprint density at radius 1 is 1.11 bits per heavy atom. The number of methoxy groups -OCH3 is 1. The first-order valence-corrected chi connectivity index (χ1v) is 10.5. The quantitative estimate of drug-likeness (QED) is 0.569. The molecule has 2 aliphatic rings. The van der Waals surface area contributed by atoms with E-state index in [0.717, 1.165) is 18.7 Å². The van der Waals surface area contributed by atoms with Crippen LogP contribution in [0.4, 0.5) is 0 Å². The van der Waals surface area contributed by atoms with Crippen molar-refractivity contribution < 1.29 is 4.74 Å². The maximum Gasteiger partial charge on any atom is 0.159 e. The third-order valence-electron chi connectivity index (χ3n) is 5.22. The summed E-state index contributed by atoms with van der Waals surface area (Å²) in [4.78, 5) is 9.75. The molecule has 27 heavy (non-hydrogen) atoms. The summed E-state index contributed by atoms with van der Waals surface area (Å²) in [6.45, 7) is 4.83. The fourth-order valence-corrected chi connectivity index (χ4v) is 4.61. The summed E-state index contributed by atoms with van der Waals surface area (Å²) in [5.41, 5.74) is 1.35. The number of rotatable bonds is 8. The van der Waals surface area contributed by atoms with E-state index in [1.165, 1.54) is 61.8 Å². The Morgan fingerprint density at radius 3 is 2.48 bits per heavy atom. The Kier molecular flexibility index (Phi) is 11.5. The molecule has 2 heterocycles. The molecule has 4 nitrogen and oxygen atoms in total. The minimum Gasteiger partial charge on any atom is -0.497 e. The number of thioether (sulfide) groups is 1. The molecule has 2 aliphatic heterocycles. The molecule has 3 rings (SSSR count). The number of aliphatic imine (C=N–C) groups is 1. The van der Waals surface area contributed by atoms with Gasteiger partial charge < -0.3 is 14.5 Å². The highest BCUT2D eigenvalue weighted by Crippen LogP contribution is 2.22. The van der Waals surface area contributed by atoms with Crippen molar-refractivity contribution in [3.8, 4) is 5.75 Å². The standard InChI is InChI=1S/C20H31N3OS.2ClH/c1-22-18(15-17-7-9-19(24-2)10-8-17)16-21-20(22)25-14-6-5-13-23-11-3-4-12-23;;/h7-10,18H,3-6,11-16H2,1-2H3;2*1H. The van der Waals surface area contributed by atoms with Crippen LogP contribution < -0.4 is 4.74 Å². The van der Waals surface area contributed by atoms with Crippen molar-refractivity contribution in [2.45, 2.75) is 38.1 Å². The largest absolute Gasteiger partial charge is 0.497 e. The first kappa shape index (κ1) is 24.4. The van der Waals surface area contributed by atoms with Gasteiger partial charge in [0.25, 0.3) is 0 Å². The van der Waals surface area contributed by atoms with Gasteiger partial charge in [-0.25, -0.2) is 0 Å². The molecule has 1 saturated heterocycles. The van der Waals surface area contributed by atoms with Crippen LogP contribution in [0, 0.1) is 0 Å². The SMILES string of the molecule is COc1ccc(CC2CN=C(SCCCCN3CCCC3)N2C)cc1.Cl.Cl. The van der Waals surface area contributed by atoms with E-state index < -0.39 is 0 Å². The van der Waals surface area contributed by atoms with Gasteiger partial charge in [-0.3, -0.25) is 4.99 Å². The average molecular weight is 434 g/mol. The molecule has 1 fully saturated rings. The van der Waals surface area contributed by atoms with Gasteiger partial charge in [-0.05, 0) is 69.4 Å². The number of ether oxygens (including phenoxy) is 1. The van der Waals surface area contributed by atoms with Crippen molar-refractivity contribution >= 4 is 41.7 Å². The summed E-state index contributed by atoms with van der Waals surface area (Å²) in [5, 5.41) is 1.22. The second-order valence-corrected chi connectivity index (χ2v) is 8.11. The molecule has 0 aliphatic carbocycles. The normalized spacial score (nSPS) is 19.4. The van der Waals surface area contributed by atoms with Crippen LogP contribution in [-0.2, 0) is 6.42 Å². The third-order valence-corrected chi connectivity index (χ3v) is 6.38. The van der Waals surface area contributed by atoms with Crippen LogP contribution in [-0.4, -0.2) is 67.1 Å². The van der Waals surface area contributed by atoms with Crippen LogP contribution in [0.5, 0.6) is 5.75 Å². The summed E-state index contributed by atoms with van der Waals surface area (Å²) < 4.78 is 5.23. The van der Waals surface area contributed by atoms with Crippen LogP contribution in [0.15, 0.2) is 29.3 Å². The molecule has 0 spiro atoms. The zero-order valence-electron chi connectivity index (χ0n) is 16.4. The zero-order chi connectivity index (χ0) is 17.5. The Morgan fingerprint density at radius 2 is 1.81 bits per heavy atom. The number of likely N-dealkylation sites (N-methyl/N-ethyl adjacent to an activating group) is 1. The second kappa shape index (κ2) is 12.8. The van der Waals surface area contributed by atoms with Crippen molar-refractivity contribution in [2.24, 2.45) is 4.99 Å². The van der Waals surface area contributed by atoms with E-state index in [1.807, 2.05) is 23.9 Å². The summed E-state index contributed by atoms with van der Waals surface area (Å²) >= 11 is 1.93. The number of hydrogen-bond acceptors (Lipinski definition) is 5. The third kappa shape index (κ3) is 7.37. The summed E-state index contributed by atoms with van der Waals surface area (Å²) in [6, 6.07) is 8.90. The lowest BCUT2D eigenvalue weighted by atomic mass is 10.1. The van der Waals surface area contributed by atoms with Gasteiger partial charge in [-0.15, -0.1) is 24.8 Å². The topological polar surface area (TPSA) is 28.1 Å². The number of likely N-dealkylation sites (tertiary alicyclic amines) is 1. The van der Waals surface area contributed by atoms with Crippen LogP contribution in [0.2, 0.25) is 0 Å². The Hall–Kier alpha value is -0.620. The molecule has 1 atom stereocenters. The molecule has 1 aromatic carbocycles. The number of unbranched alkanes of at least 4 members (excludes halogenated alkanes) is 1. The molecule has 0 radical (unpaired) electrons. The van der Waals surface area contributed by atoms with Gasteiger partial charge in [0.15, 0.2) is 5.17 Å². The lowest BCUT2D eigenvalue weighted by Crippen LogP contribution is -2.33. The van der Waals surface area contributed by atoms with Crippen molar-refractivity contribution in [2.75, 3.05) is 46.1 Å². The molecule has 7 heteroatoms. The number of halogens is 2. The van der Waals surface area contributed by atoms with Gasteiger partial charge in [-0.1, -0.05) is 23.9 Å². The summed E-state index contributed by atoms with van der Waals surface area (Å²) in [5.74, 6) is 2.11. The molecule has 0 aromatic heterocycles. The predicted octanol–water partition coefficient (Wildman–Crippen LogP) is 4.36. The minimum atomic E-state index is 0. The fourth-order valence-electron chi connectivity index (χ4n) is 3.56. The van der Waals surface area contributed by atoms with Crippen LogP contribution >= 0.6 is 36.6 Å². The van der Waals surface area contributed by atoms with E-state index in [9.17, 15) is 0 Å². The molecule has 0 N–H and O–H groups in total. The first-order valence-electron chi connectivity index (χ1n) is 9.51. The highest BCUT2D eigenvalue weighted by Gasteiger charge is 2.24. The smallest absolute Gasteiger partial charge is 0.159 e. The number of amidine groups is 1. The molecule has 1 aromatic rings. The molecular weight excluding hydrogens is 401 g/mol. The van der Waals surface area contributed by atoms with E-state index in [4.69, 9.17) is 9.73 Å². The van der Waals surface area contributed by atoms with E-state index in [1.54, 1.807) is 7.11 Å². The predicted molar refractivity (Wildman–Crippen MR) is 122 cm³/mol. The molecular formula is C20H33Cl2N3OS. The Labute approximate surface area is 180 Å². The van der Waals surface area contributed by atoms with Gasteiger partial charge in [0.2, 0.25) is 0 Å². The highest BCUT2D eigenvalue weighted by molar-refractivity contribution is 8.13. The van der Waals surface area contributed by atoms with Crippen LogP contribution in [0.25, 0.3) is 0 Å². The number of hydrogen-bond donors (Lipinski definition) is 0. The molecule has 0 bridgehead atoms. The summed E-state index contributed by atoms with van der Waals surface area (Å²) in [6.07, 6.45) is 6.44. The summed E-state index contributed by atoms with van der Waals surface area (Å²) in [7, 11) is 3.90. The minimum absolute atomic E-state index is 0. The Bertz CT molecular complexity index is 565. The van der Waals surface area contributed by atoms with E-state index in [2.05, 4.69) is 29.0 Å². The molecule has 0 amide bonds. The maximum absolute atomic E-state index is 5.23. The van der Waals surface area contributed by atoms with E-state index in [-0.39, 0.29) is 24.8 Å². The zero-order valence-corrected chi connectivity index (χ0v) is 18.9. The lowest BCUT2D eigenvalue weighted by Gasteiger charge is -2.23. The monoisotopic (exact) mass is 433 g/mol. The van der Waals surface area contributed by atoms with E-state index >= 15 is 0 Å². The van der Waals surface area contributed by atoms with Gasteiger partial charge in [0.1, 0.15) is 5.75 Å². The average Bonchev–Trinajstić information content (AvgIpc) is 3.27. The van der Waals surface area contributed by atoms with Gasteiger partial charge in [-0.2, -0.15) is 0 Å². The number of benzene rings is 1. The maximum atomic E-state index is 5.23. The van der Waals surface area contributed by atoms with Crippen molar-refractivity contribution in [1.82, 2.24) is 9.80 Å². The van der Waals surface area contributed by atoms with Gasteiger partial charge in [0.05, 0.1) is 19.7 Å². The first-order chi connectivity index (χ1) is 12.3. The van der Waals surface area contributed by atoms with Crippen molar-refractivity contribution in [3.05, 3.63) is 29.8 Å². The van der Waals surface area contributed by atoms with Crippen LogP contribution in [0.3, 0.4) is 0 Å². The lowest BCUT2D eigenvalue weighted by molar-refractivity contribution is 0.333. The Balaban J connectivity index is 0.00000182. The second-order valence-electron chi connectivity index (χ2n) is 7.04. The number of nitrogens with zero attached hydrogens (tertiary/aromatic N) is 3. The molecule has 0 saturated carbocycles. The molecule has 1 unspecified atom stereocenters. The fraction of sp³-hybridized carbons (Fsp3) is 0.650. The van der Waals surface area contributed by atoms with Gasteiger partial charge in [0, 0.05) is 12.8 Å². The van der Waals surface area contributed by atoms with Crippen molar-refractivity contribution in [3.63, 3.8) is 0 Å². The van der Waals surface area contributed by atoms with E-state index in [0.29, 0.717) is 6.04 Å². The highest BCUT2D eigenvalue weighted by atomic mass is 35.5.